The van der Waals surface area contributed by atoms with Crippen molar-refractivity contribution in [1.29, 1.82) is 0 Å². The maximum atomic E-state index is 13.3. The average Bonchev–Trinajstić information content (AvgIpc) is 3.48. The largest absolute Gasteiger partial charge is 0.337 e. The number of hydrogen-bond acceptors (Lipinski definition) is 6. The Labute approximate surface area is 179 Å². The summed E-state index contributed by atoms with van der Waals surface area (Å²) in [6.07, 6.45) is 3.52. The molecule has 2 aromatic heterocycles. The second kappa shape index (κ2) is 7.52. The first-order valence-corrected chi connectivity index (χ1v) is 10.7. The van der Waals surface area contributed by atoms with Crippen LogP contribution in [-0.2, 0) is 6.54 Å². The summed E-state index contributed by atoms with van der Waals surface area (Å²) in [7, 11) is 0. The zero-order valence-corrected chi connectivity index (χ0v) is 17.8. The van der Waals surface area contributed by atoms with Crippen molar-refractivity contribution in [2.45, 2.75) is 39.3 Å². The predicted octanol–water partition coefficient (Wildman–Crippen LogP) is 3.71. The highest BCUT2D eigenvalue weighted by Crippen LogP contribution is 2.43. The molecule has 1 amide bonds. The normalized spacial score (nSPS) is 17.8. The van der Waals surface area contributed by atoms with Crippen molar-refractivity contribution < 1.29 is 9.32 Å². The van der Waals surface area contributed by atoms with Crippen LogP contribution in [0.3, 0.4) is 0 Å². The Kier molecular flexibility index (Phi) is 4.83. The fraction of sp³-hybridized carbons (Fsp3) is 0.429. The van der Waals surface area contributed by atoms with Crippen LogP contribution in [0.4, 0.5) is 0 Å². The fourth-order valence-electron chi connectivity index (χ4n) is 4.46. The predicted molar refractivity (Wildman–Crippen MR) is 112 cm³/mol. The van der Waals surface area contributed by atoms with Gasteiger partial charge in [0.15, 0.2) is 0 Å². The summed E-state index contributed by atoms with van der Waals surface area (Å²) in [4.78, 5) is 26.6. The van der Waals surface area contributed by atoms with Gasteiger partial charge in [-0.3, -0.25) is 14.3 Å². The van der Waals surface area contributed by atoms with Gasteiger partial charge >= 0.3 is 0 Å². The molecule has 9 heteroatoms. The van der Waals surface area contributed by atoms with Gasteiger partial charge in [0, 0.05) is 6.54 Å². The summed E-state index contributed by atoms with van der Waals surface area (Å²) in [6.45, 7) is 7.31. The second-order valence-corrected chi connectivity index (χ2v) is 8.02. The van der Waals surface area contributed by atoms with Crippen LogP contribution in [0.15, 0.2) is 29.0 Å². The van der Waals surface area contributed by atoms with Crippen LogP contribution >= 0.6 is 11.6 Å². The summed E-state index contributed by atoms with van der Waals surface area (Å²) in [5, 5.41) is 4.66. The third kappa shape index (κ3) is 2.94. The van der Waals surface area contributed by atoms with E-state index in [2.05, 4.69) is 33.9 Å². The third-order valence-corrected chi connectivity index (χ3v) is 6.35. The summed E-state index contributed by atoms with van der Waals surface area (Å²) in [5.74, 6) is 0.977. The molecule has 1 aromatic carbocycles. The zero-order valence-electron chi connectivity index (χ0n) is 17.0. The van der Waals surface area contributed by atoms with Gasteiger partial charge in [0.25, 0.3) is 5.91 Å². The minimum atomic E-state index is -0.0943. The van der Waals surface area contributed by atoms with Crippen molar-refractivity contribution >= 4 is 17.5 Å². The van der Waals surface area contributed by atoms with Crippen molar-refractivity contribution in [3.05, 3.63) is 46.7 Å². The Bertz CT molecular complexity index is 1100. The molecule has 30 heavy (non-hydrogen) atoms. The lowest BCUT2D eigenvalue weighted by Gasteiger charge is -2.22. The van der Waals surface area contributed by atoms with Crippen LogP contribution in [-0.4, -0.2) is 55.0 Å². The number of fused-ring (bicyclic) bond motifs is 5. The summed E-state index contributed by atoms with van der Waals surface area (Å²) < 4.78 is 7.48. The molecule has 1 atom stereocenters. The number of benzene rings is 1. The van der Waals surface area contributed by atoms with E-state index in [-0.39, 0.29) is 11.9 Å². The van der Waals surface area contributed by atoms with E-state index < -0.39 is 0 Å². The van der Waals surface area contributed by atoms with Gasteiger partial charge in [-0.2, -0.15) is 4.98 Å². The monoisotopic (exact) mass is 426 g/mol. The maximum absolute atomic E-state index is 13.3. The number of rotatable bonds is 5. The molecule has 0 saturated carbocycles. The second-order valence-electron chi connectivity index (χ2n) is 7.61. The summed E-state index contributed by atoms with van der Waals surface area (Å²) in [6, 6.07) is 5.41. The number of carbonyl (C=O) groups is 1. The lowest BCUT2D eigenvalue weighted by Crippen LogP contribution is -2.30. The molecular weight excluding hydrogens is 404 g/mol. The maximum Gasteiger partial charge on any atom is 0.258 e. The Morgan fingerprint density at radius 3 is 2.93 bits per heavy atom. The number of imidazole rings is 1. The van der Waals surface area contributed by atoms with Crippen LogP contribution in [0.5, 0.6) is 0 Å². The molecule has 2 aliphatic rings. The number of halogens is 1. The standard InChI is InChI=1S/C21H23ClN6O2/c1-3-26(4-2)11-16-24-20(25-30-16)18-19-15-9-6-10-27(15)21(29)17-13(22)7-5-8-14(17)28(19)12-23-18/h5,7-8,12,15H,3-4,6,9-11H2,1-2H3/t15-/m0/s1. The van der Waals surface area contributed by atoms with Gasteiger partial charge in [-0.15, -0.1) is 0 Å². The molecule has 1 saturated heterocycles. The van der Waals surface area contributed by atoms with Gasteiger partial charge in [-0.05, 0) is 38.1 Å². The number of hydrogen-bond donors (Lipinski definition) is 0. The molecule has 4 heterocycles. The Morgan fingerprint density at radius 1 is 1.30 bits per heavy atom. The lowest BCUT2D eigenvalue weighted by atomic mass is 10.1. The lowest BCUT2D eigenvalue weighted by molar-refractivity contribution is 0.0739. The van der Waals surface area contributed by atoms with Crippen molar-refractivity contribution in [3.63, 3.8) is 0 Å². The molecule has 1 fully saturated rings. The number of amides is 1. The van der Waals surface area contributed by atoms with Gasteiger partial charge < -0.3 is 9.42 Å². The van der Waals surface area contributed by atoms with Gasteiger partial charge in [0.2, 0.25) is 11.7 Å². The van der Waals surface area contributed by atoms with E-state index in [1.807, 2.05) is 21.6 Å². The Morgan fingerprint density at radius 2 is 2.13 bits per heavy atom. The van der Waals surface area contributed by atoms with Crippen molar-refractivity contribution in [2.24, 2.45) is 0 Å². The van der Waals surface area contributed by atoms with E-state index in [0.717, 1.165) is 37.3 Å². The molecule has 0 aliphatic carbocycles. The number of aromatic nitrogens is 4. The highest BCUT2D eigenvalue weighted by atomic mass is 35.5. The molecule has 3 aromatic rings. The third-order valence-electron chi connectivity index (χ3n) is 6.03. The van der Waals surface area contributed by atoms with E-state index in [1.165, 1.54) is 0 Å². The highest BCUT2D eigenvalue weighted by molar-refractivity contribution is 6.34. The van der Waals surface area contributed by atoms with E-state index in [0.29, 0.717) is 41.1 Å². The van der Waals surface area contributed by atoms with Crippen LogP contribution in [0.25, 0.3) is 17.2 Å². The topological polar surface area (TPSA) is 80.3 Å². The van der Waals surface area contributed by atoms with E-state index in [1.54, 1.807) is 12.4 Å². The van der Waals surface area contributed by atoms with Crippen molar-refractivity contribution in [3.8, 4) is 17.2 Å². The number of carbonyl (C=O) groups excluding carboxylic acids is 1. The molecule has 0 unspecified atom stereocenters. The molecule has 156 valence electrons. The van der Waals surface area contributed by atoms with Gasteiger partial charge in [-0.1, -0.05) is 36.7 Å². The van der Waals surface area contributed by atoms with E-state index in [9.17, 15) is 4.79 Å². The zero-order chi connectivity index (χ0) is 20.8. The van der Waals surface area contributed by atoms with Crippen LogP contribution in [0.2, 0.25) is 5.02 Å². The van der Waals surface area contributed by atoms with E-state index >= 15 is 0 Å². The smallest absolute Gasteiger partial charge is 0.258 e. The van der Waals surface area contributed by atoms with Gasteiger partial charge in [0.05, 0.1) is 34.6 Å². The summed E-state index contributed by atoms with van der Waals surface area (Å²) >= 11 is 6.44. The average molecular weight is 427 g/mol. The minimum Gasteiger partial charge on any atom is -0.337 e. The molecule has 0 N–H and O–H groups in total. The van der Waals surface area contributed by atoms with Crippen molar-refractivity contribution in [2.75, 3.05) is 19.6 Å². The van der Waals surface area contributed by atoms with Gasteiger partial charge in [0.1, 0.15) is 12.0 Å². The first-order valence-electron chi connectivity index (χ1n) is 10.3. The first kappa shape index (κ1) is 19.3. The minimum absolute atomic E-state index is 0.0388. The molecule has 0 bridgehead atoms. The van der Waals surface area contributed by atoms with Crippen LogP contribution in [0, 0.1) is 0 Å². The molecule has 5 rings (SSSR count). The highest BCUT2D eigenvalue weighted by Gasteiger charge is 2.40. The van der Waals surface area contributed by atoms with Crippen LogP contribution in [0.1, 0.15) is 54.7 Å². The molecule has 0 radical (unpaired) electrons. The first-order chi connectivity index (χ1) is 14.6. The molecule has 8 nitrogen and oxygen atoms in total. The fourth-order valence-corrected chi connectivity index (χ4v) is 4.71. The Hall–Kier alpha value is -2.71. The molecular formula is C21H23ClN6O2. The summed E-state index contributed by atoms with van der Waals surface area (Å²) in [5.41, 5.74) is 2.82. The molecule has 0 spiro atoms. The molecule has 2 aliphatic heterocycles. The SMILES string of the molecule is CCN(CC)Cc1nc(-c2ncn3c2[C@@H]2CCCN2C(=O)c2c(Cl)cccc2-3)no1. The quantitative estimate of drug-likeness (QED) is 0.618. The van der Waals surface area contributed by atoms with Gasteiger partial charge in [-0.25, -0.2) is 4.98 Å². The van der Waals surface area contributed by atoms with E-state index in [4.69, 9.17) is 16.1 Å². The van der Waals surface area contributed by atoms with Crippen molar-refractivity contribution in [1.82, 2.24) is 29.5 Å². The van der Waals surface area contributed by atoms with Crippen LogP contribution < -0.4 is 0 Å². The Balaban J connectivity index is 1.63. The number of nitrogens with zero attached hydrogens (tertiary/aromatic N) is 6.